The molecule has 1 aromatic rings. The van der Waals surface area contributed by atoms with Crippen molar-refractivity contribution in [1.82, 2.24) is 5.32 Å². The molecule has 0 saturated carbocycles. The predicted molar refractivity (Wildman–Crippen MR) is 75.5 cm³/mol. The van der Waals surface area contributed by atoms with Gasteiger partial charge in [0.1, 0.15) is 0 Å². The summed E-state index contributed by atoms with van der Waals surface area (Å²) < 4.78 is 0. The van der Waals surface area contributed by atoms with Gasteiger partial charge in [-0.15, -0.1) is 0 Å². The van der Waals surface area contributed by atoms with E-state index >= 15 is 0 Å². The van der Waals surface area contributed by atoms with Gasteiger partial charge in [0.2, 0.25) is 5.91 Å². The van der Waals surface area contributed by atoms with E-state index in [1.807, 2.05) is 12.1 Å². The molecule has 0 radical (unpaired) electrons. The highest BCUT2D eigenvalue weighted by Gasteiger charge is 2.30. The van der Waals surface area contributed by atoms with Gasteiger partial charge in [-0.05, 0) is 19.1 Å². The normalized spacial score (nSPS) is 19.3. The molecule has 1 N–H and O–H groups in total. The monoisotopic (exact) mass is 260 g/mol. The lowest BCUT2D eigenvalue weighted by Gasteiger charge is -2.19. The van der Waals surface area contributed by atoms with E-state index in [1.54, 1.807) is 17.0 Å². The second kappa shape index (κ2) is 5.53. The number of nitrogens with zero attached hydrogens (tertiary/aromatic N) is 1. The summed E-state index contributed by atoms with van der Waals surface area (Å²) in [4.78, 5) is 25.2. The summed E-state index contributed by atoms with van der Waals surface area (Å²) in [6, 6.07) is 7.81. The molecule has 0 spiro atoms. The number of hydrogen-bond donors (Lipinski definition) is 1. The second-order valence-corrected chi connectivity index (χ2v) is 5.33. The molecule has 0 aliphatic carbocycles. The molecule has 4 nitrogen and oxygen atoms in total. The molecule has 1 amide bonds. The molecular weight excluding hydrogens is 240 g/mol. The van der Waals surface area contributed by atoms with Crippen molar-refractivity contribution in [2.45, 2.75) is 39.3 Å². The van der Waals surface area contributed by atoms with Crippen molar-refractivity contribution in [2.24, 2.45) is 0 Å². The summed E-state index contributed by atoms with van der Waals surface area (Å²) in [5, 5.41) is 3.38. The third kappa shape index (κ3) is 3.20. The minimum Gasteiger partial charge on any atom is -0.311 e. The highest BCUT2D eigenvalue weighted by Crippen LogP contribution is 2.23. The summed E-state index contributed by atoms with van der Waals surface area (Å²) in [5.74, 6) is 0.129. The average Bonchev–Trinajstić information content (AvgIpc) is 2.69. The number of benzene rings is 1. The number of carbonyl (C=O) groups excluding carboxylic acids is 2. The maximum Gasteiger partial charge on any atom is 0.228 e. The van der Waals surface area contributed by atoms with Crippen molar-refractivity contribution in [1.29, 1.82) is 0 Å². The van der Waals surface area contributed by atoms with E-state index in [4.69, 9.17) is 0 Å². The molecule has 0 aromatic heterocycles. The number of rotatable bonds is 4. The molecule has 1 aliphatic rings. The van der Waals surface area contributed by atoms with Gasteiger partial charge in [0.05, 0.1) is 0 Å². The van der Waals surface area contributed by atoms with Gasteiger partial charge in [-0.3, -0.25) is 9.59 Å². The lowest BCUT2D eigenvalue weighted by atomic mass is 10.1. The highest BCUT2D eigenvalue weighted by atomic mass is 16.2. The SMILES string of the molecule is CC(=O)c1cccc(N2CC(NC(C)C)CC2=O)c1. The van der Waals surface area contributed by atoms with Gasteiger partial charge in [-0.2, -0.15) is 0 Å². The van der Waals surface area contributed by atoms with Gasteiger partial charge in [-0.1, -0.05) is 26.0 Å². The lowest BCUT2D eigenvalue weighted by molar-refractivity contribution is -0.117. The molecule has 1 unspecified atom stereocenters. The van der Waals surface area contributed by atoms with Gasteiger partial charge >= 0.3 is 0 Å². The number of amides is 1. The molecule has 4 heteroatoms. The Morgan fingerprint density at radius 2 is 2.16 bits per heavy atom. The summed E-state index contributed by atoms with van der Waals surface area (Å²) in [7, 11) is 0. The van der Waals surface area contributed by atoms with Crippen molar-refractivity contribution >= 4 is 17.4 Å². The van der Waals surface area contributed by atoms with Crippen molar-refractivity contribution in [2.75, 3.05) is 11.4 Å². The number of anilines is 1. The van der Waals surface area contributed by atoms with Crippen LogP contribution in [0.2, 0.25) is 0 Å². The zero-order valence-corrected chi connectivity index (χ0v) is 11.6. The molecule has 1 aliphatic heterocycles. The predicted octanol–water partition coefficient (Wildman–Crippen LogP) is 1.99. The smallest absolute Gasteiger partial charge is 0.228 e. The van der Waals surface area contributed by atoms with E-state index in [9.17, 15) is 9.59 Å². The first-order chi connectivity index (χ1) is 8.97. The number of carbonyl (C=O) groups is 2. The highest BCUT2D eigenvalue weighted by molar-refractivity contribution is 5.99. The molecule has 1 atom stereocenters. The summed E-state index contributed by atoms with van der Waals surface area (Å²) in [6.07, 6.45) is 0.516. The Morgan fingerprint density at radius 1 is 1.42 bits per heavy atom. The maximum absolute atomic E-state index is 12.0. The molecule has 0 bridgehead atoms. The fourth-order valence-corrected chi connectivity index (χ4v) is 2.43. The topological polar surface area (TPSA) is 49.4 Å². The van der Waals surface area contributed by atoms with Crippen LogP contribution in [0.25, 0.3) is 0 Å². The van der Waals surface area contributed by atoms with E-state index in [1.165, 1.54) is 6.92 Å². The van der Waals surface area contributed by atoms with E-state index < -0.39 is 0 Å². The lowest BCUT2D eigenvalue weighted by Crippen LogP contribution is -2.37. The molecule has 1 saturated heterocycles. The molecule has 2 rings (SSSR count). The van der Waals surface area contributed by atoms with Gasteiger partial charge in [0, 0.05) is 36.3 Å². The van der Waals surface area contributed by atoms with Gasteiger partial charge < -0.3 is 10.2 Å². The van der Waals surface area contributed by atoms with Crippen LogP contribution in [-0.2, 0) is 4.79 Å². The van der Waals surface area contributed by atoms with Crippen molar-refractivity contribution in [3.63, 3.8) is 0 Å². The van der Waals surface area contributed by atoms with Crippen LogP contribution in [0.3, 0.4) is 0 Å². The Hall–Kier alpha value is -1.68. The molecule has 1 aromatic carbocycles. The Kier molecular flexibility index (Phi) is 4.00. The van der Waals surface area contributed by atoms with Crippen LogP contribution >= 0.6 is 0 Å². The number of hydrogen-bond acceptors (Lipinski definition) is 3. The minimum absolute atomic E-state index is 0.0188. The number of ketones is 1. The Labute approximate surface area is 113 Å². The maximum atomic E-state index is 12.0. The summed E-state index contributed by atoms with van der Waals surface area (Å²) >= 11 is 0. The summed E-state index contributed by atoms with van der Waals surface area (Å²) in [6.45, 7) is 6.35. The third-order valence-corrected chi connectivity index (χ3v) is 3.26. The first-order valence-electron chi connectivity index (χ1n) is 6.65. The molecular formula is C15H20N2O2. The zero-order chi connectivity index (χ0) is 14.0. The quantitative estimate of drug-likeness (QED) is 0.842. The van der Waals surface area contributed by atoms with Crippen LogP contribution in [0.15, 0.2) is 24.3 Å². The van der Waals surface area contributed by atoms with E-state index in [0.29, 0.717) is 24.6 Å². The third-order valence-electron chi connectivity index (χ3n) is 3.26. The molecule has 1 fully saturated rings. The average molecular weight is 260 g/mol. The zero-order valence-electron chi connectivity index (χ0n) is 11.6. The summed E-state index contributed by atoms with van der Waals surface area (Å²) in [5.41, 5.74) is 1.45. The Balaban J connectivity index is 2.16. The molecule has 102 valence electrons. The number of nitrogens with one attached hydrogen (secondary N) is 1. The van der Waals surface area contributed by atoms with E-state index in [2.05, 4.69) is 19.2 Å². The van der Waals surface area contributed by atoms with E-state index in [-0.39, 0.29) is 17.7 Å². The first-order valence-corrected chi connectivity index (χ1v) is 6.65. The van der Waals surface area contributed by atoms with E-state index in [0.717, 1.165) is 5.69 Å². The van der Waals surface area contributed by atoms with Crippen LogP contribution in [0, 0.1) is 0 Å². The van der Waals surface area contributed by atoms with Gasteiger partial charge in [0.15, 0.2) is 5.78 Å². The standard InChI is InChI=1S/C15H20N2O2/c1-10(2)16-13-8-15(19)17(9-13)14-6-4-5-12(7-14)11(3)18/h4-7,10,13,16H,8-9H2,1-3H3. The first kappa shape index (κ1) is 13.7. The van der Waals surface area contributed by atoms with Crippen LogP contribution < -0.4 is 10.2 Å². The minimum atomic E-state index is 0.0188. The van der Waals surface area contributed by atoms with Gasteiger partial charge in [-0.25, -0.2) is 0 Å². The molecule has 19 heavy (non-hydrogen) atoms. The van der Waals surface area contributed by atoms with Crippen molar-refractivity contribution in [3.05, 3.63) is 29.8 Å². The largest absolute Gasteiger partial charge is 0.311 e. The van der Waals surface area contributed by atoms with Crippen LogP contribution in [0.5, 0.6) is 0 Å². The van der Waals surface area contributed by atoms with Crippen LogP contribution in [-0.4, -0.2) is 30.3 Å². The van der Waals surface area contributed by atoms with Crippen LogP contribution in [0.1, 0.15) is 37.6 Å². The second-order valence-electron chi connectivity index (χ2n) is 5.33. The fourth-order valence-electron chi connectivity index (χ4n) is 2.43. The van der Waals surface area contributed by atoms with Crippen LogP contribution in [0.4, 0.5) is 5.69 Å². The molecule has 1 heterocycles. The van der Waals surface area contributed by atoms with Crippen molar-refractivity contribution < 1.29 is 9.59 Å². The fraction of sp³-hybridized carbons (Fsp3) is 0.467. The Bertz CT molecular complexity index is 497. The Morgan fingerprint density at radius 3 is 2.79 bits per heavy atom. The van der Waals surface area contributed by atoms with Crippen molar-refractivity contribution in [3.8, 4) is 0 Å². The number of Topliss-reactive ketones (excluding diaryl/α,β-unsaturated/α-hetero) is 1. The van der Waals surface area contributed by atoms with Gasteiger partial charge in [0.25, 0.3) is 0 Å².